The number of hydrogen-bond donors (Lipinski definition) is 1. The molecule has 0 unspecified atom stereocenters. The summed E-state index contributed by atoms with van der Waals surface area (Å²) in [4.78, 5) is 30.9. The van der Waals surface area contributed by atoms with Crippen molar-refractivity contribution in [1.29, 1.82) is 0 Å². The number of likely N-dealkylation sites (tertiary alicyclic amines) is 1. The molecule has 1 fully saturated rings. The number of hydrogen-bond acceptors (Lipinski definition) is 3. The van der Waals surface area contributed by atoms with Crippen molar-refractivity contribution in [2.24, 2.45) is 5.92 Å². The van der Waals surface area contributed by atoms with Crippen molar-refractivity contribution in [3.63, 3.8) is 0 Å². The summed E-state index contributed by atoms with van der Waals surface area (Å²) in [6.45, 7) is 3.82. The predicted molar refractivity (Wildman–Crippen MR) is 105 cm³/mol. The van der Waals surface area contributed by atoms with Gasteiger partial charge in [0.2, 0.25) is 11.8 Å². The Labute approximate surface area is 160 Å². The summed E-state index contributed by atoms with van der Waals surface area (Å²) in [7, 11) is 0. The maximum absolute atomic E-state index is 12.4. The third-order valence-electron chi connectivity index (χ3n) is 5.09. The predicted octanol–water partition coefficient (Wildman–Crippen LogP) is 2.88. The van der Waals surface area contributed by atoms with Crippen molar-refractivity contribution in [3.05, 3.63) is 65.5 Å². The summed E-state index contributed by atoms with van der Waals surface area (Å²) in [5.41, 5.74) is 3.28. The molecule has 0 saturated carbocycles. The van der Waals surface area contributed by atoms with E-state index in [1.165, 1.54) is 5.56 Å². The van der Waals surface area contributed by atoms with Crippen LogP contribution in [0.3, 0.4) is 0 Å². The first-order valence-corrected chi connectivity index (χ1v) is 9.62. The van der Waals surface area contributed by atoms with E-state index in [-0.39, 0.29) is 17.7 Å². The Bertz CT molecular complexity index is 768. The number of rotatable bonds is 6. The van der Waals surface area contributed by atoms with Crippen LogP contribution in [0.15, 0.2) is 48.8 Å². The van der Waals surface area contributed by atoms with E-state index in [2.05, 4.69) is 10.3 Å². The molecule has 0 aliphatic carbocycles. The van der Waals surface area contributed by atoms with Gasteiger partial charge in [-0.15, -0.1) is 0 Å². The second kappa shape index (κ2) is 9.31. The molecule has 2 aromatic rings. The Balaban J connectivity index is 1.40. The Kier molecular flexibility index (Phi) is 6.58. The molecule has 1 aliphatic rings. The number of aromatic nitrogens is 1. The number of benzene rings is 1. The molecule has 0 atom stereocenters. The maximum Gasteiger partial charge on any atom is 0.223 e. The van der Waals surface area contributed by atoms with Gasteiger partial charge in [-0.3, -0.25) is 14.6 Å². The number of amides is 2. The van der Waals surface area contributed by atoms with E-state index in [0.29, 0.717) is 26.1 Å². The van der Waals surface area contributed by atoms with Gasteiger partial charge in [0.15, 0.2) is 0 Å². The zero-order valence-electron chi connectivity index (χ0n) is 15.9. The van der Waals surface area contributed by atoms with Gasteiger partial charge in [-0.2, -0.15) is 0 Å². The first kappa shape index (κ1) is 19.1. The summed E-state index contributed by atoms with van der Waals surface area (Å²) >= 11 is 0. The average molecular weight is 365 g/mol. The van der Waals surface area contributed by atoms with Crippen molar-refractivity contribution < 1.29 is 9.59 Å². The SMILES string of the molecule is Cc1cncc(CNC(=O)C2CCN(C(=O)CCc3ccccc3)CC2)c1. The van der Waals surface area contributed by atoms with Crippen LogP contribution in [0.5, 0.6) is 0 Å². The third kappa shape index (κ3) is 5.64. The molecule has 1 aromatic carbocycles. The molecule has 1 aromatic heterocycles. The van der Waals surface area contributed by atoms with Crippen molar-refractivity contribution in [2.45, 2.75) is 39.2 Å². The van der Waals surface area contributed by atoms with Gasteiger partial charge in [0, 0.05) is 44.4 Å². The van der Waals surface area contributed by atoms with E-state index >= 15 is 0 Å². The first-order chi connectivity index (χ1) is 13.1. The van der Waals surface area contributed by atoms with Crippen molar-refractivity contribution in [1.82, 2.24) is 15.2 Å². The Hall–Kier alpha value is -2.69. The average Bonchev–Trinajstić information content (AvgIpc) is 2.71. The van der Waals surface area contributed by atoms with Crippen LogP contribution in [-0.2, 0) is 22.6 Å². The fourth-order valence-corrected chi connectivity index (χ4v) is 3.49. The van der Waals surface area contributed by atoms with Crippen LogP contribution >= 0.6 is 0 Å². The normalized spacial score (nSPS) is 14.8. The topological polar surface area (TPSA) is 62.3 Å². The number of carbonyl (C=O) groups excluding carboxylic acids is 2. The lowest BCUT2D eigenvalue weighted by Gasteiger charge is -2.31. The highest BCUT2D eigenvalue weighted by Crippen LogP contribution is 2.19. The summed E-state index contributed by atoms with van der Waals surface area (Å²) in [6.07, 6.45) is 6.34. The summed E-state index contributed by atoms with van der Waals surface area (Å²) in [5, 5.41) is 3.00. The van der Waals surface area contributed by atoms with Gasteiger partial charge < -0.3 is 10.2 Å². The number of carbonyl (C=O) groups is 2. The van der Waals surface area contributed by atoms with E-state index in [4.69, 9.17) is 0 Å². The van der Waals surface area contributed by atoms with Crippen molar-refractivity contribution in [3.8, 4) is 0 Å². The van der Waals surface area contributed by atoms with E-state index in [1.54, 1.807) is 12.4 Å². The minimum absolute atomic E-state index is 0.0130. The number of piperidine rings is 1. The zero-order chi connectivity index (χ0) is 19.1. The van der Waals surface area contributed by atoms with Crippen LogP contribution in [0.1, 0.15) is 36.0 Å². The minimum Gasteiger partial charge on any atom is -0.352 e. The van der Waals surface area contributed by atoms with Gasteiger partial charge in [-0.1, -0.05) is 36.4 Å². The van der Waals surface area contributed by atoms with Gasteiger partial charge in [0.25, 0.3) is 0 Å². The lowest BCUT2D eigenvalue weighted by atomic mass is 9.95. The second-order valence-corrected chi connectivity index (χ2v) is 7.23. The van der Waals surface area contributed by atoms with Crippen LogP contribution in [0.2, 0.25) is 0 Å². The molecular weight excluding hydrogens is 338 g/mol. The zero-order valence-corrected chi connectivity index (χ0v) is 15.9. The fourth-order valence-electron chi connectivity index (χ4n) is 3.49. The quantitative estimate of drug-likeness (QED) is 0.856. The molecule has 5 nitrogen and oxygen atoms in total. The number of aryl methyl sites for hydroxylation is 2. The minimum atomic E-state index is -0.0130. The Morgan fingerprint density at radius 3 is 2.56 bits per heavy atom. The molecule has 0 spiro atoms. The van der Waals surface area contributed by atoms with Gasteiger partial charge in [-0.25, -0.2) is 0 Å². The van der Waals surface area contributed by atoms with E-state index in [1.807, 2.05) is 48.2 Å². The van der Waals surface area contributed by atoms with E-state index in [0.717, 1.165) is 30.4 Å². The van der Waals surface area contributed by atoms with Gasteiger partial charge in [0.05, 0.1) is 0 Å². The fraction of sp³-hybridized carbons (Fsp3) is 0.409. The summed E-state index contributed by atoms with van der Waals surface area (Å²) < 4.78 is 0. The molecular formula is C22H27N3O2. The van der Waals surface area contributed by atoms with Gasteiger partial charge in [-0.05, 0) is 42.9 Å². The first-order valence-electron chi connectivity index (χ1n) is 9.62. The van der Waals surface area contributed by atoms with E-state index in [9.17, 15) is 9.59 Å². The smallest absolute Gasteiger partial charge is 0.223 e. The van der Waals surface area contributed by atoms with E-state index < -0.39 is 0 Å². The molecule has 142 valence electrons. The van der Waals surface area contributed by atoms with Crippen LogP contribution < -0.4 is 5.32 Å². The molecule has 1 N–H and O–H groups in total. The van der Waals surface area contributed by atoms with Gasteiger partial charge in [0.1, 0.15) is 0 Å². The van der Waals surface area contributed by atoms with Gasteiger partial charge >= 0.3 is 0 Å². The molecule has 3 rings (SSSR count). The maximum atomic E-state index is 12.4. The molecule has 27 heavy (non-hydrogen) atoms. The highest BCUT2D eigenvalue weighted by Gasteiger charge is 2.26. The molecule has 1 saturated heterocycles. The number of nitrogens with one attached hydrogen (secondary N) is 1. The molecule has 1 aliphatic heterocycles. The molecule has 2 heterocycles. The lowest BCUT2D eigenvalue weighted by molar-refractivity contribution is -0.135. The third-order valence-corrected chi connectivity index (χ3v) is 5.09. The molecule has 2 amide bonds. The molecule has 0 radical (unpaired) electrons. The van der Waals surface area contributed by atoms with Crippen LogP contribution in [0.25, 0.3) is 0 Å². The second-order valence-electron chi connectivity index (χ2n) is 7.23. The Morgan fingerprint density at radius 2 is 1.85 bits per heavy atom. The summed E-state index contributed by atoms with van der Waals surface area (Å²) in [6, 6.07) is 12.1. The van der Waals surface area contributed by atoms with Crippen molar-refractivity contribution in [2.75, 3.05) is 13.1 Å². The summed E-state index contributed by atoms with van der Waals surface area (Å²) in [5.74, 6) is 0.248. The highest BCUT2D eigenvalue weighted by molar-refractivity contribution is 5.80. The van der Waals surface area contributed by atoms with Crippen molar-refractivity contribution >= 4 is 11.8 Å². The number of nitrogens with zero attached hydrogens (tertiary/aromatic N) is 2. The largest absolute Gasteiger partial charge is 0.352 e. The lowest BCUT2D eigenvalue weighted by Crippen LogP contribution is -2.43. The van der Waals surface area contributed by atoms with Crippen LogP contribution in [-0.4, -0.2) is 34.8 Å². The molecule has 5 heteroatoms. The van der Waals surface area contributed by atoms with Crippen LogP contribution in [0, 0.1) is 12.8 Å². The highest BCUT2D eigenvalue weighted by atomic mass is 16.2. The molecule has 0 bridgehead atoms. The van der Waals surface area contributed by atoms with Crippen LogP contribution in [0.4, 0.5) is 0 Å². The Morgan fingerprint density at radius 1 is 1.11 bits per heavy atom. The number of pyridine rings is 1. The monoisotopic (exact) mass is 365 g/mol. The standard InChI is InChI=1S/C22H27N3O2/c1-17-13-19(15-23-14-17)16-24-22(27)20-9-11-25(12-10-20)21(26)8-7-18-5-3-2-4-6-18/h2-6,13-15,20H,7-12,16H2,1H3,(H,24,27).